The molecule has 0 heterocycles. The van der Waals surface area contributed by atoms with Crippen molar-refractivity contribution in [2.75, 3.05) is 13.2 Å². The molecule has 1 aromatic rings. The van der Waals surface area contributed by atoms with Crippen molar-refractivity contribution >= 4 is 10.5 Å². The average molecular weight is 165 g/mol. The van der Waals surface area contributed by atoms with Gasteiger partial charge in [0, 0.05) is 0 Å². The summed E-state index contributed by atoms with van der Waals surface area (Å²) in [6.45, 7) is 1.11. The molecule has 0 aromatic heterocycles. The average Bonchev–Trinajstić information content (AvgIpc) is 2.07. The maximum atomic E-state index is 5.29. The van der Waals surface area contributed by atoms with Gasteiger partial charge < -0.3 is 9.16 Å². The van der Waals surface area contributed by atoms with Crippen molar-refractivity contribution in [2.45, 2.75) is 0 Å². The number of ether oxygens (including phenoxy) is 1. The Labute approximate surface area is 69.7 Å². The van der Waals surface area contributed by atoms with E-state index in [9.17, 15) is 0 Å². The third kappa shape index (κ3) is 3.20. The molecule has 11 heavy (non-hydrogen) atoms. The van der Waals surface area contributed by atoms with Crippen molar-refractivity contribution in [3.8, 4) is 5.75 Å². The highest BCUT2D eigenvalue weighted by atomic mass is 28.2. The lowest BCUT2D eigenvalue weighted by Gasteiger charge is -2.03. The van der Waals surface area contributed by atoms with Crippen LogP contribution in [-0.4, -0.2) is 23.7 Å². The Morgan fingerprint density at radius 1 is 1.09 bits per heavy atom. The second-order valence-corrected chi connectivity index (χ2v) is 2.30. The van der Waals surface area contributed by atoms with Gasteiger partial charge in [-0.05, 0) is 12.1 Å². The summed E-state index contributed by atoms with van der Waals surface area (Å²) in [7, 11) is 2.89. The largest absolute Gasteiger partial charge is 0.491 e. The zero-order chi connectivity index (χ0) is 7.94. The summed E-state index contributed by atoms with van der Waals surface area (Å²) in [5, 5.41) is 0. The Kier molecular flexibility index (Phi) is 3.72. The van der Waals surface area contributed by atoms with Crippen LogP contribution in [0.1, 0.15) is 0 Å². The number of hydrogen-bond donors (Lipinski definition) is 0. The van der Waals surface area contributed by atoms with Crippen LogP contribution in [0.4, 0.5) is 0 Å². The molecule has 3 heteroatoms. The molecule has 0 aliphatic carbocycles. The molecule has 0 fully saturated rings. The number of benzene rings is 1. The molecule has 0 unspecified atom stereocenters. The summed E-state index contributed by atoms with van der Waals surface area (Å²) in [5.74, 6) is 0.871. The molecule has 0 aliphatic heterocycles. The van der Waals surface area contributed by atoms with Crippen LogP contribution in [0.3, 0.4) is 0 Å². The van der Waals surface area contributed by atoms with E-state index in [1.165, 1.54) is 0 Å². The molecular formula is C8H9O2Si. The molecule has 0 atom stereocenters. The normalized spacial score (nSPS) is 9.55. The van der Waals surface area contributed by atoms with E-state index in [4.69, 9.17) is 4.74 Å². The first-order valence-corrected chi connectivity index (χ1v) is 3.80. The predicted molar refractivity (Wildman–Crippen MR) is 43.6 cm³/mol. The highest BCUT2D eigenvalue weighted by Crippen LogP contribution is 2.07. The van der Waals surface area contributed by atoms with E-state index in [1.807, 2.05) is 30.3 Å². The molecule has 0 spiro atoms. The highest BCUT2D eigenvalue weighted by Gasteiger charge is 1.88. The van der Waals surface area contributed by atoms with E-state index in [2.05, 4.69) is 14.9 Å². The van der Waals surface area contributed by atoms with Crippen molar-refractivity contribution < 1.29 is 9.16 Å². The monoisotopic (exact) mass is 165 g/mol. The second kappa shape index (κ2) is 4.93. The zero-order valence-corrected chi connectivity index (χ0v) is 7.12. The van der Waals surface area contributed by atoms with Crippen LogP contribution in [0, 0.1) is 0 Å². The summed E-state index contributed by atoms with van der Waals surface area (Å²) in [4.78, 5) is 0. The van der Waals surface area contributed by atoms with Crippen LogP contribution in [0.15, 0.2) is 30.3 Å². The lowest BCUT2D eigenvalue weighted by Crippen LogP contribution is -2.04. The van der Waals surface area contributed by atoms with E-state index >= 15 is 0 Å². The van der Waals surface area contributed by atoms with Crippen LogP contribution in [0.5, 0.6) is 5.75 Å². The van der Waals surface area contributed by atoms with Gasteiger partial charge in [-0.1, -0.05) is 18.2 Å². The second-order valence-electron chi connectivity index (χ2n) is 2.01. The maximum Gasteiger partial charge on any atom is 0.246 e. The Bertz CT molecular complexity index is 189. The third-order valence-corrected chi connectivity index (χ3v) is 1.40. The smallest absolute Gasteiger partial charge is 0.246 e. The zero-order valence-electron chi connectivity index (χ0n) is 6.12. The topological polar surface area (TPSA) is 18.5 Å². The molecule has 3 radical (unpaired) electrons. The molecule has 0 N–H and O–H groups in total. The van der Waals surface area contributed by atoms with Gasteiger partial charge in [0.15, 0.2) is 0 Å². The minimum Gasteiger partial charge on any atom is -0.491 e. The SMILES string of the molecule is [Si]OCCOc1ccccc1. The molecule has 2 nitrogen and oxygen atoms in total. The summed E-state index contributed by atoms with van der Waals surface area (Å²) in [5.41, 5.74) is 0. The van der Waals surface area contributed by atoms with Crippen molar-refractivity contribution in [3.63, 3.8) is 0 Å². The fourth-order valence-corrected chi connectivity index (χ4v) is 0.801. The summed E-state index contributed by atoms with van der Waals surface area (Å²) in [6.07, 6.45) is 0. The van der Waals surface area contributed by atoms with E-state index in [0.29, 0.717) is 13.2 Å². The Morgan fingerprint density at radius 3 is 2.45 bits per heavy atom. The first-order valence-electron chi connectivity index (χ1n) is 3.40. The lowest BCUT2D eigenvalue weighted by atomic mass is 10.3. The molecule has 57 valence electrons. The molecule has 0 saturated carbocycles. The van der Waals surface area contributed by atoms with E-state index in [1.54, 1.807) is 0 Å². The van der Waals surface area contributed by atoms with Gasteiger partial charge in [0.2, 0.25) is 10.5 Å². The Hall–Kier alpha value is -0.803. The van der Waals surface area contributed by atoms with Gasteiger partial charge in [0.05, 0.1) is 6.61 Å². The quantitative estimate of drug-likeness (QED) is 0.492. The van der Waals surface area contributed by atoms with Gasteiger partial charge in [0.25, 0.3) is 0 Å². The first kappa shape index (κ1) is 8.29. The minimum absolute atomic E-state index is 0.547. The number of para-hydroxylation sites is 1. The number of hydrogen-bond acceptors (Lipinski definition) is 2. The van der Waals surface area contributed by atoms with Gasteiger partial charge >= 0.3 is 0 Å². The first-order chi connectivity index (χ1) is 5.43. The van der Waals surface area contributed by atoms with E-state index in [0.717, 1.165) is 5.75 Å². The highest BCUT2D eigenvalue weighted by molar-refractivity contribution is 5.97. The van der Waals surface area contributed by atoms with Crippen LogP contribution < -0.4 is 4.74 Å². The van der Waals surface area contributed by atoms with Crippen LogP contribution in [0.2, 0.25) is 0 Å². The molecule has 1 aromatic carbocycles. The fraction of sp³-hybridized carbons (Fsp3) is 0.250. The Morgan fingerprint density at radius 2 is 1.82 bits per heavy atom. The standard InChI is InChI=1S/C8H9O2Si/c11-10-7-6-9-8-4-2-1-3-5-8/h1-5H,6-7H2. The maximum absolute atomic E-state index is 5.29. The van der Waals surface area contributed by atoms with Gasteiger partial charge in [-0.25, -0.2) is 0 Å². The molecule has 0 aliphatic rings. The van der Waals surface area contributed by atoms with E-state index < -0.39 is 0 Å². The summed E-state index contributed by atoms with van der Waals surface area (Å²) >= 11 is 0. The lowest BCUT2D eigenvalue weighted by molar-refractivity contribution is 0.229. The number of rotatable bonds is 4. The van der Waals surface area contributed by atoms with Crippen molar-refractivity contribution in [3.05, 3.63) is 30.3 Å². The fourth-order valence-electron chi connectivity index (χ4n) is 0.718. The van der Waals surface area contributed by atoms with E-state index in [-0.39, 0.29) is 0 Å². The molecule has 0 amide bonds. The van der Waals surface area contributed by atoms with Gasteiger partial charge in [-0.2, -0.15) is 0 Å². The van der Waals surface area contributed by atoms with Crippen molar-refractivity contribution in [1.29, 1.82) is 0 Å². The van der Waals surface area contributed by atoms with Gasteiger partial charge in [-0.3, -0.25) is 0 Å². The predicted octanol–water partition coefficient (Wildman–Crippen LogP) is 1.17. The van der Waals surface area contributed by atoms with Gasteiger partial charge in [0.1, 0.15) is 12.4 Å². The molecular weight excluding hydrogens is 156 g/mol. The molecule has 0 bridgehead atoms. The third-order valence-electron chi connectivity index (χ3n) is 1.20. The van der Waals surface area contributed by atoms with Crippen LogP contribution in [0.25, 0.3) is 0 Å². The van der Waals surface area contributed by atoms with Crippen molar-refractivity contribution in [1.82, 2.24) is 0 Å². The van der Waals surface area contributed by atoms with Gasteiger partial charge in [-0.15, -0.1) is 0 Å². The van der Waals surface area contributed by atoms with Crippen LogP contribution >= 0.6 is 0 Å². The summed E-state index contributed by atoms with van der Waals surface area (Å²) < 4.78 is 9.93. The summed E-state index contributed by atoms with van der Waals surface area (Å²) in [6, 6.07) is 9.64. The molecule has 0 saturated heterocycles. The van der Waals surface area contributed by atoms with Crippen molar-refractivity contribution in [2.24, 2.45) is 0 Å². The minimum atomic E-state index is 0.547. The Balaban J connectivity index is 2.28. The molecule has 1 rings (SSSR count). The van der Waals surface area contributed by atoms with Crippen LogP contribution in [-0.2, 0) is 4.43 Å².